The van der Waals surface area contributed by atoms with E-state index in [9.17, 15) is 0 Å². The molecule has 3 nitrogen and oxygen atoms in total. The summed E-state index contributed by atoms with van der Waals surface area (Å²) in [6, 6.07) is 0. The number of rotatable bonds is 6. The Balaban J connectivity index is 2.72. The second-order valence-electron chi connectivity index (χ2n) is 4.86. The maximum atomic E-state index is 6.29. The summed E-state index contributed by atoms with van der Waals surface area (Å²) in [5, 5.41) is 8.64. The zero-order valence-corrected chi connectivity index (χ0v) is 12.5. The fourth-order valence-corrected chi connectivity index (χ4v) is 2.49. The number of halogens is 2. The molecule has 0 fully saturated rings. The van der Waals surface area contributed by atoms with Crippen molar-refractivity contribution in [2.75, 3.05) is 5.88 Å². The highest BCUT2D eigenvalue weighted by molar-refractivity contribution is 6.31. The van der Waals surface area contributed by atoms with Gasteiger partial charge in [-0.25, -0.2) is 0 Å². The molecule has 0 aliphatic heterocycles. The van der Waals surface area contributed by atoms with E-state index in [1.807, 2.05) is 11.7 Å². The number of nitrogens with zero attached hydrogens (tertiary/aromatic N) is 2. The number of hydrogen-bond acceptors (Lipinski definition) is 2. The van der Waals surface area contributed by atoms with Gasteiger partial charge < -0.3 is 5.32 Å². The first-order chi connectivity index (χ1) is 7.91. The average Bonchev–Trinajstić information content (AvgIpc) is 2.51. The molecule has 17 heavy (non-hydrogen) atoms. The van der Waals surface area contributed by atoms with Crippen LogP contribution in [0.2, 0.25) is 5.02 Å². The SMILES string of the molecule is CCc1nn(C)c(CNC(C)(C)CCCl)c1Cl. The summed E-state index contributed by atoms with van der Waals surface area (Å²) in [4.78, 5) is 0. The van der Waals surface area contributed by atoms with Gasteiger partial charge in [-0.2, -0.15) is 5.10 Å². The van der Waals surface area contributed by atoms with Gasteiger partial charge in [0.1, 0.15) is 0 Å². The number of aryl methyl sites for hydroxylation is 2. The van der Waals surface area contributed by atoms with Crippen LogP contribution in [0.3, 0.4) is 0 Å². The Morgan fingerprint density at radius 2 is 2.06 bits per heavy atom. The van der Waals surface area contributed by atoms with Gasteiger partial charge in [0.25, 0.3) is 0 Å². The fourth-order valence-electron chi connectivity index (χ4n) is 1.66. The predicted octanol–water partition coefficient (Wildman–Crippen LogP) is 3.13. The van der Waals surface area contributed by atoms with Crippen LogP contribution in [0.4, 0.5) is 0 Å². The Morgan fingerprint density at radius 1 is 1.41 bits per heavy atom. The summed E-state index contributed by atoms with van der Waals surface area (Å²) in [5.41, 5.74) is 2.01. The van der Waals surface area contributed by atoms with E-state index >= 15 is 0 Å². The van der Waals surface area contributed by atoms with Crippen LogP contribution in [-0.4, -0.2) is 21.2 Å². The van der Waals surface area contributed by atoms with Crippen molar-refractivity contribution >= 4 is 23.2 Å². The van der Waals surface area contributed by atoms with E-state index < -0.39 is 0 Å². The van der Waals surface area contributed by atoms with Crippen LogP contribution >= 0.6 is 23.2 Å². The van der Waals surface area contributed by atoms with Gasteiger partial charge in [0, 0.05) is 25.0 Å². The first-order valence-electron chi connectivity index (χ1n) is 5.92. The van der Waals surface area contributed by atoms with Gasteiger partial charge in [0.15, 0.2) is 0 Å². The molecule has 0 amide bonds. The van der Waals surface area contributed by atoms with Gasteiger partial charge >= 0.3 is 0 Å². The Hall–Kier alpha value is -0.250. The quantitative estimate of drug-likeness (QED) is 0.810. The lowest BCUT2D eigenvalue weighted by Gasteiger charge is -2.25. The van der Waals surface area contributed by atoms with Crippen LogP contribution < -0.4 is 5.32 Å². The van der Waals surface area contributed by atoms with Gasteiger partial charge in [-0.3, -0.25) is 4.68 Å². The van der Waals surface area contributed by atoms with Crippen molar-refractivity contribution in [2.24, 2.45) is 7.05 Å². The van der Waals surface area contributed by atoms with Crippen molar-refractivity contribution in [1.82, 2.24) is 15.1 Å². The summed E-state index contributed by atoms with van der Waals surface area (Å²) in [7, 11) is 1.93. The first-order valence-corrected chi connectivity index (χ1v) is 6.83. The van der Waals surface area contributed by atoms with Gasteiger partial charge in [0.05, 0.1) is 16.4 Å². The van der Waals surface area contributed by atoms with E-state index in [-0.39, 0.29) is 5.54 Å². The fraction of sp³-hybridized carbons (Fsp3) is 0.750. The predicted molar refractivity (Wildman–Crippen MR) is 73.9 cm³/mol. The molecule has 0 spiro atoms. The smallest absolute Gasteiger partial charge is 0.0863 e. The van der Waals surface area contributed by atoms with Gasteiger partial charge in [-0.15, -0.1) is 11.6 Å². The topological polar surface area (TPSA) is 29.9 Å². The third-order valence-corrected chi connectivity index (χ3v) is 3.58. The summed E-state index contributed by atoms with van der Waals surface area (Å²) in [5.74, 6) is 0.652. The molecule has 0 aliphatic rings. The third kappa shape index (κ3) is 3.87. The Bertz CT molecular complexity index is 372. The van der Waals surface area contributed by atoms with E-state index in [0.29, 0.717) is 12.4 Å². The number of nitrogens with one attached hydrogen (secondary N) is 1. The van der Waals surface area contributed by atoms with E-state index in [4.69, 9.17) is 23.2 Å². The highest BCUT2D eigenvalue weighted by Gasteiger charge is 2.19. The molecule has 0 aromatic carbocycles. The molecule has 0 bridgehead atoms. The van der Waals surface area contributed by atoms with Crippen LogP contribution in [0.1, 0.15) is 38.6 Å². The molecule has 1 aromatic heterocycles. The molecule has 1 aromatic rings. The first kappa shape index (κ1) is 14.8. The minimum Gasteiger partial charge on any atom is -0.306 e. The third-order valence-electron chi connectivity index (χ3n) is 2.96. The Kier molecular flexibility index (Phi) is 5.29. The van der Waals surface area contributed by atoms with Crippen molar-refractivity contribution in [3.63, 3.8) is 0 Å². The molecule has 98 valence electrons. The second-order valence-corrected chi connectivity index (χ2v) is 5.62. The highest BCUT2D eigenvalue weighted by atomic mass is 35.5. The van der Waals surface area contributed by atoms with Crippen molar-refractivity contribution in [3.8, 4) is 0 Å². The van der Waals surface area contributed by atoms with E-state index in [1.165, 1.54) is 0 Å². The summed E-state index contributed by atoms with van der Waals surface area (Å²) in [6.45, 7) is 7.05. The number of alkyl halides is 1. The molecule has 0 aliphatic carbocycles. The normalized spacial score (nSPS) is 12.1. The molecule has 0 unspecified atom stereocenters. The second kappa shape index (κ2) is 6.07. The molecule has 0 saturated carbocycles. The van der Waals surface area contributed by atoms with Crippen molar-refractivity contribution in [3.05, 3.63) is 16.4 Å². The molecule has 5 heteroatoms. The number of hydrogen-bond donors (Lipinski definition) is 1. The highest BCUT2D eigenvalue weighted by Crippen LogP contribution is 2.21. The largest absolute Gasteiger partial charge is 0.306 e. The zero-order valence-electron chi connectivity index (χ0n) is 11.0. The molecular formula is C12H21Cl2N3. The molecular weight excluding hydrogens is 257 g/mol. The number of aromatic nitrogens is 2. The van der Waals surface area contributed by atoms with Crippen molar-refractivity contribution in [2.45, 2.75) is 45.7 Å². The van der Waals surface area contributed by atoms with Gasteiger partial charge in [-0.1, -0.05) is 18.5 Å². The minimum atomic E-state index is 0.0156. The van der Waals surface area contributed by atoms with Crippen LogP contribution in [0, 0.1) is 0 Å². The molecule has 1 N–H and O–H groups in total. The maximum absolute atomic E-state index is 6.29. The molecule has 1 rings (SSSR count). The van der Waals surface area contributed by atoms with Crippen LogP contribution in [-0.2, 0) is 20.0 Å². The lowest BCUT2D eigenvalue weighted by molar-refractivity contribution is 0.370. The minimum absolute atomic E-state index is 0.0156. The lowest BCUT2D eigenvalue weighted by Crippen LogP contribution is -2.39. The van der Waals surface area contributed by atoms with E-state index in [1.54, 1.807) is 0 Å². The molecule has 0 saturated heterocycles. The van der Waals surface area contributed by atoms with Crippen molar-refractivity contribution < 1.29 is 0 Å². The maximum Gasteiger partial charge on any atom is 0.0863 e. The molecule has 0 radical (unpaired) electrons. The van der Waals surface area contributed by atoms with Gasteiger partial charge in [-0.05, 0) is 26.7 Å². The molecule has 1 heterocycles. The van der Waals surface area contributed by atoms with Crippen LogP contribution in [0.5, 0.6) is 0 Å². The van der Waals surface area contributed by atoms with Crippen LogP contribution in [0.25, 0.3) is 0 Å². The van der Waals surface area contributed by atoms with Crippen LogP contribution in [0.15, 0.2) is 0 Å². The lowest BCUT2D eigenvalue weighted by atomic mass is 10.0. The monoisotopic (exact) mass is 277 g/mol. The Morgan fingerprint density at radius 3 is 2.53 bits per heavy atom. The van der Waals surface area contributed by atoms with E-state index in [0.717, 1.165) is 29.3 Å². The van der Waals surface area contributed by atoms with E-state index in [2.05, 4.69) is 31.2 Å². The Labute approximate surface area is 113 Å². The summed E-state index contributed by atoms with van der Waals surface area (Å²) < 4.78 is 1.85. The summed E-state index contributed by atoms with van der Waals surface area (Å²) >= 11 is 12.1. The zero-order chi connectivity index (χ0) is 13.1. The average molecular weight is 278 g/mol. The van der Waals surface area contributed by atoms with Crippen molar-refractivity contribution in [1.29, 1.82) is 0 Å². The molecule has 0 atom stereocenters. The van der Waals surface area contributed by atoms with Gasteiger partial charge in [0.2, 0.25) is 0 Å². The summed E-state index contributed by atoms with van der Waals surface area (Å²) in [6.07, 6.45) is 1.78. The standard InChI is InChI=1S/C12H21Cl2N3/c1-5-9-11(14)10(17(4)16-9)8-15-12(2,3)6-7-13/h15H,5-8H2,1-4H3.